The number of benzene rings is 1. The minimum absolute atomic E-state index is 0.153. The molecule has 0 spiro atoms. The molecule has 21 heavy (non-hydrogen) atoms. The first-order valence-corrected chi connectivity index (χ1v) is 8.60. The van der Waals surface area contributed by atoms with Gasteiger partial charge in [0.1, 0.15) is 5.82 Å². The number of para-hydroxylation sites is 1. The van der Waals surface area contributed by atoms with E-state index in [0.717, 1.165) is 28.3 Å². The minimum Gasteiger partial charge on any atom is -0.322 e. The molecule has 1 aromatic carbocycles. The van der Waals surface area contributed by atoms with E-state index in [1.54, 1.807) is 11.3 Å². The quantitative estimate of drug-likeness (QED) is 0.545. The Morgan fingerprint density at radius 2 is 2.05 bits per heavy atom. The molecule has 2 heterocycles. The maximum absolute atomic E-state index is 6.40. The maximum Gasteiger partial charge on any atom is 0.128 e. The molecule has 0 fully saturated rings. The van der Waals surface area contributed by atoms with Crippen molar-refractivity contribution in [2.75, 3.05) is 0 Å². The van der Waals surface area contributed by atoms with E-state index in [0.29, 0.717) is 0 Å². The highest BCUT2D eigenvalue weighted by Crippen LogP contribution is 2.33. The van der Waals surface area contributed by atoms with Crippen molar-refractivity contribution in [1.82, 2.24) is 9.55 Å². The average Bonchev–Trinajstić information content (AvgIpc) is 3.05. The number of hydrogen-bond acceptors (Lipinski definition) is 2. The average molecular weight is 339 g/mol. The molecule has 0 bridgehead atoms. The van der Waals surface area contributed by atoms with Crippen LogP contribution in [-0.2, 0) is 6.42 Å². The number of rotatable bonds is 4. The van der Waals surface area contributed by atoms with E-state index in [-0.39, 0.29) is 11.4 Å². The second kappa shape index (κ2) is 5.99. The molecule has 0 aliphatic carbocycles. The molecule has 0 amide bonds. The lowest BCUT2D eigenvalue weighted by atomic mass is 10.2. The monoisotopic (exact) mass is 338 g/mol. The van der Waals surface area contributed by atoms with Crippen LogP contribution in [0.3, 0.4) is 0 Å². The van der Waals surface area contributed by atoms with Gasteiger partial charge in [0, 0.05) is 17.3 Å². The molecule has 0 saturated carbocycles. The number of imidazole rings is 1. The minimum atomic E-state index is -0.153. The van der Waals surface area contributed by atoms with Gasteiger partial charge in [0.15, 0.2) is 0 Å². The summed E-state index contributed by atoms with van der Waals surface area (Å²) in [5.41, 5.74) is 1.88. The molecule has 0 aliphatic rings. The number of halogens is 2. The fourth-order valence-electron chi connectivity index (χ4n) is 2.66. The standard InChI is InChI=1S/C16H16Cl2N2S/c1-10(9-12-5-4-8-21-12)20-15-13(18)6-3-7-14(15)19-16(20)11(2)17/h3-8,10-11H,9H2,1-2H3. The van der Waals surface area contributed by atoms with Gasteiger partial charge in [-0.05, 0) is 37.4 Å². The van der Waals surface area contributed by atoms with Crippen LogP contribution >= 0.6 is 34.5 Å². The van der Waals surface area contributed by atoms with Crippen LogP contribution in [-0.4, -0.2) is 9.55 Å². The molecule has 0 radical (unpaired) electrons. The SMILES string of the molecule is CC(Cl)c1nc2cccc(Cl)c2n1C(C)Cc1cccs1. The third-order valence-electron chi connectivity index (χ3n) is 3.56. The fourth-order valence-corrected chi connectivity index (χ4v) is 3.90. The summed E-state index contributed by atoms with van der Waals surface area (Å²) in [5.74, 6) is 0.879. The predicted molar refractivity (Wildman–Crippen MR) is 91.7 cm³/mol. The van der Waals surface area contributed by atoms with Gasteiger partial charge in [0.25, 0.3) is 0 Å². The number of alkyl halides is 1. The molecule has 3 rings (SSSR count). The molecule has 3 aromatic rings. The lowest BCUT2D eigenvalue weighted by molar-refractivity contribution is 0.538. The molecule has 2 aromatic heterocycles. The van der Waals surface area contributed by atoms with Crippen molar-refractivity contribution in [2.45, 2.75) is 31.7 Å². The Kier molecular flexibility index (Phi) is 4.25. The van der Waals surface area contributed by atoms with Crippen LogP contribution < -0.4 is 0 Å². The van der Waals surface area contributed by atoms with Gasteiger partial charge in [0.2, 0.25) is 0 Å². The summed E-state index contributed by atoms with van der Waals surface area (Å²) in [6.45, 7) is 4.14. The Labute approximate surface area is 138 Å². The van der Waals surface area contributed by atoms with Gasteiger partial charge in [-0.3, -0.25) is 0 Å². The van der Waals surface area contributed by atoms with Crippen LogP contribution in [0.5, 0.6) is 0 Å². The Bertz CT molecular complexity index is 747. The van der Waals surface area contributed by atoms with Crippen LogP contribution in [0.25, 0.3) is 11.0 Å². The van der Waals surface area contributed by atoms with Crippen LogP contribution in [0, 0.1) is 0 Å². The Morgan fingerprint density at radius 1 is 1.24 bits per heavy atom. The Hall–Kier alpha value is -1.03. The van der Waals surface area contributed by atoms with Gasteiger partial charge in [0.05, 0.1) is 21.4 Å². The number of nitrogens with zero attached hydrogens (tertiary/aromatic N) is 2. The second-order valence-electron chi connectivity index (χ2n) is 5.20. The van der Waals surface area contributed by atoms with Gasteiger partial charge in [-0.25, -0.2) is 4.98 Å². The van der Waals surface area contributed by atoms with Crippen molar-refractivity contribution in [2.24, 2.45) is 0 Å². The molecule has 2 unspecified atom stereocenters. The highest BCUT2D eigenvalue weighted by molar-refractivity contribution is 7.09. The molecule has 2 atom stereocenters. The van der Waals surface area contributed by atoms with Crippen LogP contribution in [0.4, 0.5) is 0 Å². The number of thiophene rings is 1. The first-order valence-electron chi connectivity index (χ1n) is 6.90. The van der Waals surface area contributed by atoms with E-state index in [2.05, 4.69) is 34.0 Å². The third kappa shape index (κ3) is 2.83. The molecular weight excluding hydrogens is 323 g/mol. The summed E-state index contributed by atoms with van der Waals surface area (Å²) in [5, 5.41) is 2.67. The summed E-state index contributed by atoms with van der Waals surface area (Å²) < 4.78 is 2.19. The van der Waals surface area contributed by atoms with Gasteiger partial charge in [-0.1, -0.05) is 23.7 Å². The predicted octanol–water partition coefficient (Wildman–Crippen LogP) is 5.85. The zero-order valence-corrected chi connectivity index (χ0v) is 14.2. The number of aromatic nitrogens is 2. The highest BCUT2D eigenvalue weighted by atomic mass is 35.5. The van der Waals surface area contributed by atoms with Gasteiger partial charge < -0.3 is 4.57 Å². The Balaban J connectivity index is 2.12. The van der Waals surface area contributed by atoms with Crippen LogP contribution in [0.1, 0.15) is 36.0 Å². The summed E-state index contributed by atoms with van der Waals surface area (Å²) in [6, 6.07) is 10.3. The van der Waals surface area contributed by atoms with Crippen molar-refractivity contribution in [1.29, 1.82) is 0 Å². The van der Waals surface area contributed by atoms with Gasteiger partial charge in [-0.15, -0.1) is 22.9 Å². The van der Waals surface area contributed by atoms with Gasteiger partial charge in [-0.2, -0.15) is 0 Å². The van der Waals surface area contributed by atoms with E-state index in [1.165, 1.54) is 4.88 Å². The molecule has 0 aliphatic heterocycles. The summed E-state index contributed by atoms with van der Waals surface area (Å²) in [4.78, 5) is 6.02. The van der Waals surface area contributed by atoms with E-state index >= 15 is 0 Å². The third-order valence-corrected chi connectivity index (χ3v) is 4.96. The van der Waals surface area contributed by atoms with Crippen LogP contribution in [0.2, 0.25) is 5.02 Å². The zero-order chi connectivity index (χ0) is 15.0. The smallest absolute Gasteiger partial charge is 0.128 e. The van der Waals surface area contributed by atoms with Crippen molar-refractivity contribution in [3.63, 3.8) is 0 Å². The van der Waals surface area contributed by atoms with Crippen molar-refractivity contribution in [3.8, 4) is 0 Å². The van der Waals surface area contributed by atoms with E-state index in [4.69, 9.17) is 23.2 Å². The second-order valence-corrected chi connectivity index (χ2v) is 7.29. The van der Waals surface area contributed by atoms with E-state index in [1.807, 2.05) is 25.1 Å². The molecule has 0 saturated heterocycles. The topological polar surface area (TPSA) is 17.8 Å². The maximum atomic E-state index is 6.40. The first kappa shape index (κ1) is 14.9. The lowest BCUT2D eigenvalue weighted by Crippen LogP contribution is -2.12. The molecule has 0 N–H and O–H groups in total. The van der Waals surface area contributed by atoms with Crippen molar-refractivity contribution < 1.29 is 0 Å². The molecule has 5 heteroatoms. The fraction of sp³-hybridized carbons (Fsp3) is 0.312. The first-order chi connectivity index (χ1) is 10.1. The number of hydrogen-bond donors (Lipinski definition) is 0. The normalized spacial score (nSPS) is 14.5. The van der Waals surface area contributed by atoms with Crippen molar-refractivity contribution >= 4 is 45.6 Å². The summed E-state index contributed by atoms with van der Waals surface area (Å²) in [7, 11) is 0. The van der Waals surface area contributed by atoms with E-state index in [9.17, 15) is 0 Å². The lowest BCUT2D eigenvalue weighted by Gasteiger charge is -2.18. The summed E-state index contributed by atoms with van der Waals surface area (Å²) in [6.07, 6.45) is 0.949. The van der Waals surface area contributed by atoms with Gasteiger partial charge >= 0.3 is 0 Å². The van der Waals surface area contributed by atoms with Crippen LogP contribution in [0.15, 0.2) is 35.7 Å². The Morgan fingerprint density at radius 3 is 2.71 bits per heavy atom. The zero-order valence-electron chi connectivity index (χ0n) is 11.9. The molecule has 110 valence electrons. The molecule has 2 nitrogen and oxygen atoms in total. The largest absolute Gasteiger partial charge is 0.322 e. The summed E-state index contributed by atoms with van der Waals surface area (Å²) >= 11 is 14.5. The highest BCUT2D eigenvalue weighted by Gasteiger charge is 2.21. The number of fused-ring (bicyclic) bond motifs is 1. The van der Waals surface area contributed by atoms with E-state index < -0.39 is 0 Å². The van der Waals surface area contributed by atoms with Crippen molar-refractivity contribution in [3.05, 3.63) is 51.4 Å². The molecular formula is C16H16Cl2N2S.